The summed E-state index contributed by atoms with van der Waals surface area (Å²) >= 11 is 0. The first kappa shape index (κ1) is 11.0. The summed E-state index contributed by atoms with van der Waals surface area (Å²) in [5.74, 6) is 0.606. The third-order valence-electron chi connectivity index (χ3n) is 3.00. The monoisotopic (exact) mass is 248 g/mol. The van der Waals surface area contributed by atoms with Crippen molar-refractivity contribution in [2.45, 2.75) is 19.6 Å². The van der Waals surface area contributed by atoms with Crippen LogP contribution in [0.2, 0.25) is 0 Å². The summed E-state index contributed by atoms with van der Waals surface area (Å²) < 4.78 is 7.25. The second kappa shape index (κ2) is 4.26. The van der Waals surface area contributed by atoms with Crippen LogP contribution in [0.3, 0.4) is 0 Å². The zero-order valence-electron chi connectivity index (χ0n) is 9.61. The molecule has 1 aliphatic rings. The topological polar surface area (TPSA) is 84.4 Å². The summed E-state index contributed by atoms with van der Waals surface area (Å²) in [7, 11) is 0. The van der Waals surface area contributed by atoms with Gasteiger partial charge in [0.15, 0.2) is 0 Å². The van der Waals surface area contributed by atoms with E-state index in [1.54, 1.807) is 12.4 Å². The Hall–Kier alpha value is -2.15. The molecule has 1 aliphatic heterocycles. The number of furan rings is 1. The number of aromatic nitrogens is 3. The Kier molecular flexibility index (Phi) is 2.60. The third kappa shape index (κ3) is 2.00. The zero-order valence-corrected chi connectivity index (χ0v) is 9.61. The summed E-state index contributed by atoms with van der Waals surface area (Å²) in [5.41, 5.74) is 0.185. The lowest BCUT2D eigenvalue weighted by Gasteiger charge is -2.25. The molecular weight excluding hydrogens is 236 g/mol. The van der Waals surface area contributed by atoms with Gasteiger partial charge in [0.2, 0.25) is 0 Å². The van der Waals surface area contributed by atoms with E-state index in [-0.39, 0.29) is 5.56 Å². The molecule has 0 fully saturated rings. The maximum absolute atomic E-state index is 10.7. The lowest BCUT2D eigenvalue weighted by molar-refractivity contribution is 0.0696. The highest BCUT2D eigenvalue weighted by Crippen LogP contribution is 2.15. The van der Waals surface area contributed by atoms with Crippen LogP contribution in [0.15, 0.2) is 23.1 Å². The molecule has 0 saturated heterocycles. The first-order valence-corrected chi connectivity index (χ1v) is 5.62. The Balaban J connectivity index is 1.68. The van der Waals surface area contributed by atoms with Crippen LogP contribution in [0.4, 0.5) is 0 Å². The third-order valence-corrected chi connectivity index (χ3v) is 3.00. The van der Waals surface area contributed by atoms with E-state index in [1.165, 1.54) is 6.26 Å². The van der Waals surface area contributed by atoms with Crippen LogP contribution in [-0.2, 0) is 19.6 Å². The van der Waals surface area contributed by atoms with Gasteiger partial charge in [-0.2, -0.15) is 0 Å². The minimum Gasteiger partial charge on any atom is -0.478 e. The lowest BCUT2D eigenvalue weighted by Crippen LogP contribution is -2.33. The van der Waals surface area contributed by atoms with Crippen LogP contribution < -0.4 is 0 Å². The van der Waals surface area contributed by atoms with E-state index in [2.05, 4.69) is 15.1 Å². The van der Waals surface area contributed by atoms with E-state index >= 15 is 0 Å². The van der Waals surface area contributed by atoms with E-state index < -0.39 is 5.97 Å². The van der Waals surface area contributed by atoms with Gasteiger partial charge in [-0.25, -0.2) is 4.79 Å². The second-order valence-electron chi connectivity index (χ2n) is 4.26. The van der Waals surface area contributed by atoms with Gasteiger partial charge in [-0.15, -0.1) is 10.2 Å². The van der Waals surface area contributed by atoms with Gasteiger partial charge in [0.05, 0.1) is 18.7 Å². The molecule has 7 heteroatoms. The number of carboxylic acids is 1. The van der Waals surface area contributed by atoms with Crippen LogP contribution in [0.25, 0.3) is 0 Å². The average molecular weight is 248 g/mol. The molecule has 0 aliphatic carbocycles. The summed E-state index contributed by atoms with van der Waals surface area (Å²) in [5, 5.41) is 16.7. The maximum atomic E-state index is 10.7. The fourth-order valence-electron chi connectivity index (χ4n) is 2.05. The minimum atomic E-state index is -0.969. The summed E-state index contributed by atoms with van der Waals surface area (Å²) in [6.45, 7) is 2.99. The van der Waals surface area contributed by atoms with Gasteiger partial charge in [0.25, 0.3) is 0 Å². The predicted octanol–water partition coefficient (Wildman–Crippen LogP) is 0.585. The van der Waals surface area contributed by atoms with Crippen molar-refractivity contribution >= 4 is 5.97 Å². The molecule has 0 amide bonds. The standard InChI is InChI=1S/C11H12N4O3/c16-11(17)8-3-9(18-6-8)4-14-1-2-15-7-12-13-10(15)5-14/h3,6-7H,1-2,4-5H2,(H,16,17). The van der Waals surface area contributed by atoms with E-state index in [0.29, 0.717) is 18.8 Å². The molecule has 0 saturated carbocycles. The number of nitrogens with zero attached hydrogens (tertiary/aromatic N) is 4. The van der Waals surface area contributed by atoms with Crippen molar-refractivity contribution in [2.75, 3.05) is 6.54 Å². The number of carboxylic acid groups (broad SMARTS) is 1. The van der Waals surface area contributed by atoms with Crippen molar-refractivity contribution in [3.63, 3.8) is 0 Å². The minimum absolute atomic E-state index is 0.185. The molecule has 0 atom stereocenters. The molecule has 0 radical (unpaired) electrons. The first-order valence-electron chi connectivity index (χ1n) is 5.62. The quantitative estimate of drug-likeness (QED) is 0.855. The van der Waals surface area contributed by atoms with Crippen molar-refractivity contribution in [2.24, 2.45) is 0 Å². The van der Waals surface area contributed by atoms with Gasteiger partial charge < -0.3 is 14.1 Å². The molecule has 1 N–H and O–H groups in total. The number of fused-ring (bicyclic) bond motifs is 1. The Bertz CT molecular complexity index is 574. The van der Waals surface area contributed by atoms with Crippen molar-refractivity contribution in [1.82, 2.24) is 19.7 Å². The molecule has 0 aromatic carbocycles. The summed E-state index contributed by atoms with van der Waals surface area (Å²) in [6.07, 6.45) is 2.99. The van der Waals surface area contributed by atoms with Crippen LogP contribution in [0, 0.1) is 0 Å². The second-order valence-corrected chi connectivity index (χ2v) is 4.26. The number of hydrogen-bond donors (Lipinski definition) is 1. The number of aromatic carboxylic acids is 1. The van der Waals surface area contributed by atoms with Crippen molar-refractivity contribution in [3.8, 4) is 0 Å². The van der Waals surface area contributed by atoms with Gasteiger partial charge in [-0.3, -0.25) is 4.90 Å². The van der Waals surface area contributed by atoms with Crippen molar-refractivity contribution in [3.05, 3.63) is 35.8 Å². The molecular formula is C11H12N4O3. The van der Waals surface area contributed by atoms with E-state index in [4.69, 9.17) is 9.52 Å². The molecule has 2 aromatic heterocycles. The van der Waals surface area contributed by atoms with Gasteiger partial charge in [0.1, 0.15) is 24.2 Å². The van der Waals surface area contributed by atoms with Gasteiger partial charge >= 0.3 is 5.97 Å². The normalized spacial score (nSPS) is 15.6. The SMILES string of the molecule is O=C(O)c1coc(CN2CCn3cnnc3C2)c1. The Labute approximate surface area is 103 Å². The number of rotatable bonds is 3. The molecule has 18 heavy (non-hydrogen) atoms. The maximum Gasteiger partial charge on any atom is 0.338 e. The van der Waals surface area contributed by atoms with Crippen molar-refractivity contribution in [1.29, 1.82) is 0 Å². The molecule has 3 rings (SSSR count). The Morgan fingerprint density at radius 1 is 1.50 bits per heavy atom. The molecule has 94 valence electrons. The summed E-state index contributed by atoms with van der Waals surface area (Å²) in [6, 6.07) is 1.56. The van der Waals surface area contributed by atoms with Crippen LogP contribution in [0.1, 0.15) is 21.9 Å². The summed E-state index contributed by atoms with van der Waals surface area (Å²) in [4.78, 5) is 12.9. The Morgan fingerprint density at radius 2 is 2.39 bits per heavy atom. The van der Waals surface area contributed by atoms with Gasteiger partial charge in [-0.1, -0.05) is 0 Å². The van der Waals surface area contributed by atoms with Crippen molar-refractivity contribution < 1.29 is 14.3 Å². The number of hydrogen-bond acceptors (Lipinski definition) is 5. The van der Waals surface area contributed by atoms with E-state index in [9.17, 15) is 4.79 Å². The average Bonchev–Trinajstić information content (AvgIpc) is 2.96. The molecule has 3 heterocycles. The Morgan fingerprint density at radius 3 is 3.17 bits per heavy atom. The fraction of sp³-hybridized carbons (Fsp3) is 0.364. The highest BCUT2D eigenvalue weighted by Gasteiger charge is 2.19. The van der Waals surface area contributed by atoms with Crippen LogP contribution in [0.5, 0.6) is 0 Å². The highest BCUT2D eigenvalue weighted by atomic mass is 16.4. The molecule has 0 unspecified atom stereocenters. The largest absolute Gasteiger partial charge is 0.478 e. The fourth-order valence-corrected chi connectivity index (χ4v) is 2.05. The molecule has 2 aromatic rings. The molecule has 0 bridgehead atoms. The van der Waals surface area contributed by atoms with E-state index in [1.807, 2.05) is 4.57 Å². The molecule has 7 nitrogen and oxygen atoms in total. The van der Waals surface area contributed by atoms with Crippen LogP contribution >= 0.6 is 0 Å². The number of carbonyl (C=O) groups is 1. The molecule has 0 spiro atoms. The predicted molar refractivity (Wildman–Crippen MR) is 59.8 cm³/mol. The lowest BCUT2D eigenvalue weighted by atomic mass is 10.3. The van der Waals surface area contributed by atoms with Gasteiger partial charge in [0, 0.05) is 13.1 Å². The smallest absolute Gasteiger partial charge is 0.338 e. The van der Waals surface area contributed by atoms with Crippen LogP contribution in [-0.4, -0.2) is 37.3 Å². The van der Waals surface area contributed by atoms with Gasteiger partial charge in [-0.05, 0) is 6.07 Å². The first-order chi connectivity index (χ1) is 8.72. The van der Waals surface area contributed by atoms with E-state index in [0.717, 1.165) is 18.9 Å². The highest BCUT2D eigenvalue weighted by molar-refractivity contribution is 5.87. The zero-order chi connectivity index (χ0) is 12.5.